The van der Waals surface area contributed by atoms with Gasteiger partial charge in [-0.15, -0.1) is 10.1 Å². The third kappa shape index (κ3) is 7.82. The van der Waals surface area contributed by atoms with Gasteiger partial charge >= 0.3 is 5.97 Å². The van der Waals surface area contributed by atoms with E-state index in [-0.39, 0.29) is 18.8 Å². The largest absolute Gasteiger partial charge is 0.464 e. The molecule has 0 saturated heterocycles. The number of esters is 1. The van der Waals surface area contributed by atoms with Crippen LogP contribution in [0.2, 0.25) is 0 Å². The molecule has 8 nitrogen and oxygen atoms in total. The van der Waals surface area contributed by atoms with Crippen LogP contribution in [-0.4, -0.2) is 41.5 Å². The lowest BCUT2D eigenvalue weighted by Crippen LogP contribution is -2.44. The molecule has 0 aromatic heterocycles. The molecule has 0 aliphatic carbocycles. The Balaban J connectivity index is 4.41. The van der Waals surface area contributed by atoms with E-state index >= 15 is 0 Å². The van der Waals surface area contributed by atoms with Gasteiger partial charge in [-0.1, -0.05) is 13.3 Å². The first kappa shape index (κ1) is 18.5. The van der Waals surface area contributed by atoms with Crippen molar-refractivity contribution in [3.63, 3.8) is 0 Å². The molecule has 9 heteroatoms. The third-order valence-electron chi connectivity index (χ3n) is 2.35. The van der Waals surface area contributed by atoms with Crippen LogP contribution in [0.5, 0.6) is 0 Å². The Morgan fingerprint density at radius 1 is 1.40 bits per heavy atom. The first-order valence-corrected chi connectivity index (χ1v) is 6.95. The topological polar surface area (TPSA) is 108 Å². The number of rotatable bonds is 10. The van der Waals surface area contributed by atoms with E-state index in [0.29, 0.717) is 12.8 Å². The van der Waals surface area contributed by atoms with Gasteiger partial charge in [0.05, 0.1) is 13.0 Å². The second-order valence-electron chi connectivity index (χ2n) is 4.00. The van der Waals surface area contributed by atoms with Crippen LogP contribution in [0.25, 0.3) is 0 Å². The third-order valence-corrected chi connectivity index (χ3v) is 2.71. The Labute approximate surface area is 122 Å². The normalized spacial score (nSPS) is 13.2. The number of nitrogens with zero attached hydrogens (tertiary/aromatic N) is 1. The number of carbonyl (C=O) groups excluding carboxylic acids is 2. The number of thiol groups is 1. The molecule has 1 N–H and O–H groups in total. The van der Waals surface area contributed by atoms with Crippen molar-refractivity contribution in [2.45, 2.75) is 45.3 Å². The van der Waals surface area contributed by atoms with Gasteiger partial charge in [-0.3, -0.25) is 4.79 Å². The van der Waals surface area contributed by atoms with Crippen molar-refractivity contribution in [3.8, 4) is 0 Å². The summed E-state index contributed by atoms with van der Waals surface area (Å²) in [6.45, 7) is 3.67. The fourth-order valence-electron chi connectivity index (χ4n) is 1.52. The van der Waals surface area contributed by atoms with Gasteiger partial charge in [0.1, 0.15) is 12.1 Å². The molecule has 0 fully saturated rings. The fourth-order valence-corrected chi connectivity index (χ4v) is 1.76. The molecule has 1 amide bonds. The van der Waals surface area contributed by atoms with Crippen LogP contribution in [0.1, 0.15) is 33.1 Å². The summed E-state index contributed by atoms with van der Waals surface area (Å²) in [5.41, 5.74) is 0. The SMILES string of the molecule is CCCC(CC(=O)NC(CS)C(=O)OCC)O[N+](=O)[O-]. The molecule has 0 aromatic rings. The van der Waals surface area contributed by atoms with Crippen molar-refractivity contribution < 1.29 is 24.3 Å². The summed E-state index contributed by atoms with van der Waals surface area (Å²) in [5, 5.41) is 11.8. The molecular formula is C11H20N2O6S. The molecule has 116 valence electrons. The standard InChI is InChI=1S/C11H20N2O6S/c1-3-5-8(19-13(16)17)6-10(14)12-9(7-20)11(15)18-4-2/h8-9,20H,3-7H2,1-2H3,(H,12,14). The Bertz CT molecular complexity index is 339. The van der Waals surface area contributed by atoms with Crippen LogP contribution < -0.4 is 5.32 Å². The summed E-state index contributed by atoms with van der Waals surface area (Å²) in [5.74, 6) is -1.02. The van der Waals surface area contributed by atoms with Gasteiger partial charge in [0.2, 0.25) is 5.91 Å². The van der Waals surface area contributed by atoms with Crippen molar-refractivity contribution in [2.24, 2.45) is 0 Å². The number of hydrogen-bond acceptors (Lipinski definition) is 7. The lowest BCUT2D eigenvalue weighted by atomic mass is 10.1. The molecule has 20 heavy (non-hydrogen) atoms. The zero-order valence-electron chi connectivity index (χ0n) is 11.5. The second-order valence-corrected chi connectivity index (χ2v) is 4.36. The Hall–Kier alpha value is -1.51. The number of hydrogen-bond donors (Lipinski definition) is 2. The van der Waals surface area contributed by atoms with Crippen molar-refractivity contribution in [2.75, 3.05) is 12.4 Å². The Kier molecular flexibility index (Phi) is 9.52. The summed E-state index contributed by atoms with van der Waals surface area (Å²) in [6.07, 6.45) is -0.00454. The second kappa shape index (κ2) is 10.3. The van der Waals surface area contributed by atoms with E-state index in [0.717, 1.165) is 0 Å². The summed E-state index contributed by atoms with van der Waals surface area (Å²) in [6, 6.07) is -0.872. The summed E-state index contributed by atoms with van der Waals surface area (Å²) in [7, 11) is 0. The molecule has 2 atom stereocenters. The first-order valence-electron chi connectivity index (χ1n) is 6.32. The van der Waals surface area contributed by atoms with Crippen LogP contribution in [0.15, 0.2) is 0 Å². The Morgan fingerprint density at radius 2 is 2.05 bits per heavy atom. The predicted molar refractivity (Wildman–Crippen MR) is 73.8 cm³/mol. The van der Waals surface area contributed by atoms with Crippen LogP contribution in [-0.2, 0) is 19.2 Å². The highest BCUT2D eigenvalue weighted by Gasteiger charge is 2.23. The number of amides is 1. The highest BCUT2D eigenvalue weighted by atomic mass is 32.1. The number of ether oxygens (including phenoxy) is 1. The van der Waals surface area contributed by atoms with E-state index in [1.54, 1.807) is 6.92 Å². The molecule has 0 saturated carbocycles. The number of carbonyl (C=O) groups is 2. The van der Waals surface area contributed by atoms with E-state index < -0.39 is 29.1 Å². The lowest BCUT2D eigenvalue weighted by molar-refractivity contribution is -0.768. The first-order chi connectivity index (χ1) is 9.44. The monoisotopic (exact) mass is 308 g/mol. The molecule has 0 aliphatic heterocycles. The molecule has 0 heterocycles. The van der Waals surface area contributed by atoms with Gasteiger partial charge in [-0.2, -0.15) is 12.6 Å². The minimum absolute atomic E-state index is 0.0825. The fraction of sp³-hybridized carbons (Fsp3) is 0.818. The maximum atomic E-state index is 11.7. The highest BCUT2D eigenvalue weighted by molar-refractivity contribution is 7.80. The van der Waals surface area contributed by atoms with Crippen molar-refractivity contribution >= 4 is 24.5 Å². The van der Waals surface area contributed by atoms with Gasteiger partial charge in [-0.05, 0) is 13.3 Å². The average Bonchev–Trinajstić information content (AvgIpc) is 2.35. The van der Waals surface area contributed by atoms with E-state index in [4.69, 9.17) is 4.74 Å². The van der Waals surface area contributed by atoms with Gasteiger partial charge in [-0.25, -0.2) is 4.79 Å². The summed E-state index contributed by atoms with van der Waals surface area (Å²) in [4.78, 5) is 37.9. The van der Waals surface area contributed by atoms with E-state index in [2.05, 4.69) is 22.8 Å². The summed E-state index contributed by atoms with van der Waals surface area (Å²) >= 11 is 3.95. The minimum Gasteiger partial charge on any atom is -0.464 e. The smallest absolute Gasteiger partial charge is 0.329 e. The predicted octanol–water partition coefficient (Wildman–Crippen LogP) is 0.731. The van der Waals surface area contributed by atoms with E-state index in [9.17, 15) is 19.7 Å². The quantitative estimate of drug-likeness (QED) is 0.267. The van der Waals surface area contributed by atoms with Gasteiger partial charge in [0.15, 0.2) is 0 Å². The average molecular weight is 308 g/mol. The molecule has 0 aliphatic rings. The zero-order valence-corrected chi connectivity index (χ0v) is 12.4. The van der Waals surface area contributed by atoms with Gasteiger partial charge in [0, 0.05) is 5.75 Å². The molecule has 2 unspecified atom stereocenters. The maximum absolute atomic E-state index is 11.7. The molecule has 0 radical (unpaired) electrons. The molecule has 0 aromatic carbocycles. The molecule has 0 spiro atoms. The molecular weight excluding hydrogens is 288 g/mol. The minimum atomic E-state index is -0.922. The van der Waals surface area contributed by atoms with E-state index in [1.165, 1.54) is 0 Å². The highest BCUT2D eigenvalue weighted by Crippen LogP contribution is 2.07. The van der Waals surface area contributed by atoms with Crippen LogP contribution >= 0.6 is 12.6 Å². The zero-order chi connectivity index (χ0) is 15.5. The van der Waals surface area contributed by atoms with Gasteiger partial charge < -0.3 is 14.9 Å². The van der Waals surface area contributed by atoms with Gasteiger partial charge in [0.25, 0.3) is 5.09 Å². The van der Waals surface area contributed by atoms with Crippen molar-refractivity contribution in [1.82, 2.24) is 5.32 Å². The number of nitrogens with one attached hydrogen (secondary N) is 1. The van der Waals surface area contributed by atoms with Crippen molar-refractivity contribution in [3.05, 3.63) is 10.1 Å². The van der Waals surface area contributed by atoms with Crippen molar-refractivity contribution in [1.29, 1.82) is 0 Å². The maximum Gasteiger partial charge on any atom is 0.329 e. The molecule has 0 rings (SSSR count). The lowest BCUT2D eigenvalue weighted by Gasteiger charge is -2.17. The molecule has 0 bridgehead atoms. The Morgan fingerprint density at radius 3 is 2.50 bits per heavy atom. The van der Waals surface area contributed by atoms with E-state index in [1.807, 2.05) is 6.92 Å². The van der Waals surface area contributed by atoms with Crippen LogP contribution in [0, 0.1) is 10.1 Å². The summed E-state index contributed by atoms with van der Waals surface area (Å²) < 4.78 is 4.77. The van der Waals surface area contributed by atoms with Crippen LogP contribution in [0.3, 0.4) is 0 Å². The van der Waals surface area contributed by atoms with Crippen LogP contribution in [0.4, 0.5) is 0 Å².